The molecule has 0 amide bonds. The minimum atomic E-state index is 0. The molecule has 0 bridgehead atoms. The van der Waals surface area contributed by atoms with Crippen LogP contribution in [0, 0.1) is 0 Å². The Labute approximate surface area is 186 Å². The number of hydrogen-bond donors (Lipinski definition) is 0. The zero-order valence-electron chi connectivity index (χ0n) is 10.4. The minimum Gasteiger partial charge on any atom is -1.00 e. The fourth-order valence-corrected chi connectivity index (χ4v) is 0. The van der Waals surface area contributed by atoms with Crippen LogP contribution >= 0.6 is 0 Å². The van der Waals surface area contributed by atoms with Gasteiger partial charge in [0.2, 0.25) is 0 Å². The van der Waals surface area contributed by atoms with Crippen LogP contribution in [0.1, 0.15) is 5.71 Å². The maximum Gasteiger partial charge on any atom is 2.00 e. The summed E-state index contributed by atoms with van der Waals surface area (Å²) in [6.45, 7) is 0. The minimum absolute atomic E-state index is 0. The molecule has 0 aliphatic heterocycles. The Morgan fingerprint density at radius 1 is 0.333 bits per heavy atom. The van der Waals surface area contributed by atoms with Gasteiger partial charge in [0.05, 0.1) is 0 Å². The van der Waals surface area contributed by atoms with E-state index < -0.39 is 0 Å². The smallest absolute Gasteiger partial charge is 1.00 e. The molecule has 0 saturated carbocycles. The average Bonchev–Trinajstić information content (AvgIpc) is 0. The molecule has 0 spiro atoms. The van der Waals surface area contributed by atoms with Crippen LogP contribution in [0.2, 0.25) is 0 Å². The second-order valence-corrected chi connectivity index (χ2v) is 0. The van der Waals surface area contributed by atoms with Gasteiger partial charge in [0.1, 0.15) is 0 Å². The summed E-state index contributed by atoms with van der Waals surface area (Å²) in [6.07, 6.45) is 0. The van der Waals surface area contributed by atoms with Crippen molar-refractivity contribution in [2.45, 2.75) is 0 Å². The Kier molecular flexibility index (Phi) is 2990. The van der Waals surface area contributed by atoms with Crippen LogP contribution in [-0.2, 0) is 43.4 Å². The zero-order valence-corrected chi connectivity index (χ0v) is 18.4. The third kappa shape index (κ3) is 138. The molecule has 0 rings (SSSR count). The van der Waals surface area contributed by atoms with Crippen molar-refractivity contribution >= 4 is 97.8 Å². The van der Waals surface area contributed by atoms with Crippen molar-refractivity contribution in [2.24, 2.45) is 0 Å². The second kappa shape index (κ2) is 171. The summed E-state index contributed by atoms with van der Waals surface area (Å²) in [5.41, 5.74) is 0. The Bertz CT molecular complexity index is 28.0. The van der Waals surface area contributed by atoms with Gasteiger partial charge >= 0.3 is 97.8 Å². The van der Waals surface area contributed by atoms with Crippen LogP contribution < -0.4 is 0 Å². The van der Waals surface area contributed by atoms with Crippen molar-refractivity contribution in [1.82, 2.24) is 0 Å². The van der Waals surface area contributed by atoms with Crippen LogP contribution in [0.4, 0.5) is 0 Å². The summed E-state index contributed by atoms with van der Waals surface area (Å²) in [5.74, 6) is 0. The number of hydrogen-bond acceptors (Lipinski definition) is 0. The van der Waals surface area contributed by atoms with E-state index in [0.717, 1.165) is 0 Å². The first-order chi connectivity index (χ1) is 0. The molecule has 0 aromatic heterocycles. The van der Waals surface area contributed by atoms with Gasteiger partial charge in [-0.3, -0.25) is 0 Å². The van der Waals surface area contributed by atoms with Crippen molar-refractivity contribution < 1.29 is 93.0 Å². The SMILES string of the molecule is O.O.O.O.O.O.O.O.[Ba+2].[Ba+2].[H-].[H-].[H-].[H-].[Ti].[Ti]. The molecule has 0 aliphatic carbocycles. The standard InChI is InChI=1S/2Ba.8H2O.2Ti.4H/h;;8*1H2;;;;;;/q2*+2;;;;;;;;;;;4*-1. The largest absolute Gasteiger partial charge is 2.00 e. The summed E-state index contributed by atoms with van der Waals surface area (Å²) in [5, 5.41) is 0. The van der Waals surface area contributed by atoms with Crippen LogP contribution in [0.3, 0.4) is 0 Å². The van der Waals surface area contributed by atoms with Crippen molar-refractivity contribution in [2.75, 3.05) is 0 Å². The number of rotatable bonds is 0. The molecule has 0 unspecified atom stereocenters. The van der Waals surface area contributed by atoms with Gasteiger partial charge in [-0.15, -0.1) is 0 Å². The summed E-state index contributed by atoms with van der Waals surface area (Å²) >= 11 is 0. The van der Waals surface area contributed by atoms with E-state index in [-0.39, 0.29) is 191 Å². The Balaban J connectivity index is 0. The predicted molar refractivity (Wildman–Crippen MR) is 44.9 cm³/mol. The zero-order chi connectivity index (χ0) is 0. The summed E-state index contributed by atoms with van der Waals surface area (Å²) < 4.78 is 0. The molecule has 80 valence electrons. The van der Waals surface area contributed by atoms with E-state index >= 15 is 0 Å². The predicted octanol–water partition coefficient (Wildman–Crippen LogP) is -6.91. The molecule has 0 atom stereocenters. The molecule has 0 radical (unpaired) electrons. The normalized spacial score (nSPS) is 0. The van der Waals surface area contributed by atoms with Crippen LogP contribution in [0.5, 0.6) is 0 Å². The molecule has 8 nitrogen and oxygen atoms in total. The van der Waals surface area contributed by atoms with Gasteiger partial charge < -0.3 is 49.5 Å². The second-order valence-electron chi connectivity index (χ2n) is 0. The van der Waals surface area contributed by atoms with E-state index in [1.54, 1.807) is 0 Å². The van der Waals surface area contributed by atoms with Gasteiger partial charge in [0.15, 0.2) is 0 Å². The maximum absolute atomic E-state index is 0. The fraction of sp³-hybridized carbons (Fsp3) is 0. The first kappa shape index (κ1) is 209. The summed E-state index contributed by atoms with van der Waals surface area (Å²) in [7, 11) is 0. The molecule has 12 heteroatoms. The van der Waals surface area contributed by atoms with E-state index in [1.165, 1.54) is 0 Å². The van der Waals surface area contributed by atoms with Gasteiger partial charge in [-0.25, -0.2) is 0 Å². The first-order valence-electron chi connectivity index (χ1n) is 0. The van der Waals surface area contributed by atoms with E-state index in [1.807, 2.05) is 0 Å². The monoisotopic (exact) mass is 520 g/mol. The molecule has 0 aromatic rings. The quantitative estimate of drug-likeness (QED) is 0.271. The molecule has 0 heterocycles. The van der Waals surface area contributed by atoms with Gasteiger partial charge in [0, 0.05) is 43.4 Å². The van der Waals surface area contributed by atoms with Gasteiger partial charge in [-0.05, 0) is 0 Å². The Hall–Kier alpha value is 4.25. The van der Waals surface area contributed by atoms with E-state index in [0.29, 0.717) is 0 Å². The van der Waals surface area contributed by atoms with Crippen LogP contribution in [0.15, 0.2) is 0 Å². The first-order valence-corrected chi connectivity index (χ1v) is 0. The molecular formula is H20Ba2O8Ti2. The molecule has 0 aliphatic rings. The van der Waals surface area contributed by atoms with Crippen molar-refractivity contribution in [3.05, 3.63) is 0 Å². The average molecular weight is 519 g/mol. The molecule has 16 N–H and O–H groups in total. The molecule has 0 aromatic carbocycles. The van der Waals surface area contributed by atoms with Crippen molar-refractivity contribution in [3.8, 4) is 0 Å². The Morgan fingerprint density at radius 2 is 0.333 bits per heavy atom. The topological polar surface area (TPSA) is 252 Å². The third-order valence-electron chi connectivity index (χ3n) is 0. The molecule has 12 heavy (non-hydrogen) atoms. The van der Waals surface area contributed by atoms with E-state index in [2.05, 4.69) is 0 Å². The maximum atomic E-state index is 0. The van der Waals surface area contributed by atoms with Gasteiger partial charge in [0.25, 0.3) is 0 Å². The van der Waals surface area contributed by atoms with Gasteiger partial charge in [-0.1, -0.05) is 0 Å². The summed E-state index contributed by atoms with van der Waals surface area (Å²) in [4.78, 5) is 0. The van der Waals surface area contributed by atoms with Gasteiger partial charge in [-0.2, -0.15) is 0 Å². The summed E-state index contributed by atoms with van der Waals surface area (Å²) in [6, 6.07) is 0. The fourth-order valence-electron chi connectivity index (χ4n) is 0. The van der Waals surface area contributed by atoms with E-state index in [9.17, 15) is 0 Å². The molecule has 0 fully saturated rings. The van der Waals surface area contributed by atoms with Crippen molar-refractivity contribution in [1.29, 1.82) is 0 Å². The molecular weight excluding hydrogens is 498 g/mol. The third-order valence-corrected chi connectivity index (χ3v) is 0. The van der Waals surface area contributed by atoms with Crippen molar-refractivity contribution in [3.63, 3.8) is 0 Å². The van der Waals surface area contributed by atoms with Crippen LogP contribution in [-0.4, -0.2) is 142 Å². The van der Waals surface area contributed by atoms with E-state index in [4.69, 9.17) is 0 Å². The Morgan fingerprint density at radius 3 is 0.333 bits per heavy atom. The van der Waals surface area contributed by atoms with Crippen LogP contribution in [0.25, 0.3) is 0 Å². The molecule has 0 saturated heterocycles.